The molecule has 3 amide bonds. The van der Waals surface area contributed by atoms with Crippen molar-refractivity contribution in [3.63, 3.8) is 0 Å². The first-order valence-corrected chi connectivity index (χ1v) is 13.9. The number of ether oxygens (including phenoxy) is 1. The van der Waals surface area contributed by atoms with Crippen molar-refractivity contribution in [2.75, 3.05) is 13.1 Å². The number of hydrogen-bond donors (Lipinski definition) is 1. The van der Waals surface area contributed by atoms with E-state index in [-0.39, 0.29) is 42.5 Å². The Morgan fingerprint density at radius 1 is 1.26 bits per heavy atom. The van der Waals surface area contributed by atoms with Crippen LogP contribution in [-0.2, 0) is 20.7 Å². The fraction of sp³-hybridized carbons (Fsp3) is 0.621. The van der Waals surface area contributed by atoms with E-state index in [1.807, 2.05) is 28.0 Å². The maximum Gasteiger partial charge on any atom is 0.408 e. The third-order valence-corrected chi connectivity index (χ3v) is 8.87. The monoisotopic (exact) mass is 530 g/mol. The predicted octanol–water partition coefficient (Wildman–Crippen LogP) is 2.92. The number of alkyl carbamates (subject to hydrolysis) is 1. The molecule has 1 saturated carbocycles. The fourth-order valence-electron chi connectivity index (χ4n) is 7.18. The standard InChI is InChI=1S/C29H34N6O4/c1-29(2,3)39-28(38)32-22(26(36)34-19(13-30)10-17-11-24(17)34)15-33-14-20-12-25(33)27(37)35(20)23-8-5-16-9-18(31-4)6-7-21(16)23/h6-7,9,17,19-20,22-25H,5,8,10-12,14-15H2,1-3H3,(H,32,38)/t17-,19+,20-,22+,23-,24+,25-/m1/s1. The SMILES string of the molecule is [C-]#[N+]c1ccc2c(c1)CC[C@H]2N1C(=O)[C@H]2C[C@@H]1CN2C[C@H](NC(=O)OC(C)(C)C)C(=O)N1[C@H](C#N)C[C@@H]2C[C@@H]21. The summed E-state index contributed by atoms with van der Waals surface area (Å²) in [5, 5.41) is 12.4. The van der Waals surface area contributed by atoms with Crippen LogP contribution in [0.2, 0.25) is 0 Å². The Labute approximate surface area is 228 Å². The van der Waals surface area contributed by atoms with E-state index in [2.05, 4.69) is 16.2 Å². The molecule has 0 spiro atoms. The number of piperazine rings is 1. The molecule has 2 bridgehead atoms. The van der Waals surface area contributed by atoms with Crippen molar-refractivity contribution >= 4 is 23.6 Å². The second-order valence-corrected chi connectivity index (χ2v) is 12.5. The van der Waals surface area contributed by atoms with Crippen molar-refractivity contribution in [3.05, 3.63) is 40.7 Å². The molecule has 1 N–H and O–H groups in total. The van der Waals surface area contributed by atoms with Gasteiger partial charge in [-0.1, -0.05) is 23.8 Å². The summed E-state index contributed by atoms with van der Waals surface area (Å²) in [6.07, 6.45) is 3.27. The lowest BCUT2D eigenvalue weighted by Crippen LogP contribution is -2.59. The van der Waals surface area contributed by atoms with Gasteiger partial charge in [0.05, 0.1) is 24.7 Å². The molecule has 3 heterocycles. The van der Waals surface area contributed by atoms with Crippen LogP contribution in [0.25, 0.3) is 4.85 Å². The molecule has 204 valence electrons. The summed E-state index contributed by atoms with van der Waals surface area (Å²) in [7, 11) is 0. The Morgan fingerprint density at radius 3 is 2.74 bits per heavy atom. The Kier molecular flexibility index (Phi) is 6.07. The van der Waals surface area contributed by atoms with E-state index < -0.39 is 23.8 Å². The molecule has 0 unspecified atom stereocenters. The minimum atomic E-state index is -0.908. The molecule has 0 aromatic heterocycles. The van der Waals surface area contributed by atoms with Crippen molar-refractivity contribution in [2.45, 2.75) is 94.7 Å². The molecule has 1 aromatic rings. The summed E-state index contributed by atoms with van der Waals surface area (Å²) in [6.45, 7) is 13.4. The second kappa shape index (κ2) is 9.24. The van der Waals surface area contributed by atoms with Gasteiger partial charge in [-0.05, 0) is 64.4 Å². The predicted molar refractivity (Wildman–Crippen MR) is 140 cm³/mol. The lowest BCUT2D eigenvalue weighted by atomic mass is 10.0. The van der Waals surface area contributed by atoms with E-state index in [1.165, 1.54) is 0 Å². The number of nitrogens with zero attached hydrogens (tertiary/aromatic N) is 5. The van der Waals surface area contributed by atoms with Gasteiger partial charge in [0.15, 0.2) is 5.69 Å². The van der Waals surface area contributed by atoms with E-state index in [9.17, 15) is 19.6 Å². The summed E-state index contributed by atoms with van der Waals surface area (Å²) >= 11 is 0. The summed E-state index contributed by atoms with van der Waals surface area (Å²) in [6, 6.07) is 6.36. The fourth-order valence-corrected chi connectivity index (χ4v) is 7.18. The third kappa shape index (κ3) is 4.51. The third-order valence-electron chi connectivity index (χ3n) is 8.87. The topological polar surface area (TPSA) is 110 Å². The van der Waals surface area contributed by atoms with Crippen molar-refractivity contribution in [3.8, 4) is 6.07 Å². The average molecular weight is 531 g/mol. The lowest BCUT2D eigenvalue weighted by Gasteiger charge is -2.39. The van der Waals surface area contributed by atoms with Gasteiger partial charge >= 0.3 is 6.09 Å². The Balaban J connectivity index is 1.18. The van der Waals surface area contributed by atoms with Crippen molar-refractivity contribution in [2.24, 2.45) is 5.92 Å². The highest BCUT2D eigenvalue weighted by atomic mass is 16.6. The first-order chi connectivity index (χ1) is 18.6. The number of amides is 3. The molecule has 39 heavy (non-hydrogen) atoms. The molecule has 3 aliphatic heterocycles. The van der Waals surface area contributed by atoms with E-state index in [0.29, 0.717) is 31.0 Å². The van der Waals surface area contributed by atoms with Crippen molar-refractivity contribution < 1.29 is 19.1 Å². The zero-order valence-corrected chi connectivity index (χ0v) is 22.6. The average Bonchev–Trinajstić information content (AvgIpc) is 3.22. The Bertz CT molecular complexity index is 1310. The highest BCUT2D eigenvalue weighted by Gasteiger charge is 2.57. The molecule has 1 aromatic carbocycles. The Morgan fingerprint density at radius 2 is 2.05 bits per heavy atom. The highest BCUT2D eigenvalue weighted by Crippen LogP contribution is 2.48. The minimum Gasteiger partial charge on any atom is -0.444 e. The van der Waals surface area contributed by atoms with Gasteiger partial charge in [0.2, 0.25) is 11.8 Å². The Hall–Kier alpha value is -3.63. The van der Waals surface area contributed by atoms with Crippen LogP contribution in [0.1, 0.15) is 63.6 Å². The van der Waals surface area contributed by atoms with Crippen LogP contribution >= 0.6 is 0 Å². The molecule has 5 aliphatic rings. The number of nitrogens with one attached hydrogen (secondary N) is 1. The maximum absolute atomic E-state index is 13.8. The van der Waals surface area contributed by atoms with Gasteiger partial charge in [-0.3, -0.25) is 14.5 Å². The van der Waals surface area contributed by atoms with Gasteiger partial charge in [0.1, 0.15) is 17.7 Å². The summed E-state index contributed by atoms with van der Waals surface area (Å²) in [4.78, 5) is 49.4. The molecule has 6 rings (SSSR count). The number of carbonyl (C=O) groups excluding carboxylic acids is 3. The molecular formula is C29H34N6O4. The van der Waals surface area contributed by atoms with Crippen LogP contribution in [0.4, 0.5) is 10.5 Å². The molecular weight excluding hydrogens is 496 g/mol. The first kappa shape index (κ1) is 25.6. The molecule has 0 radical (unpaired) electrons. The molecule has 2 aliphatic carbocycles. The second-order valence-electron chi connectivity index (χ2n) is 12.5. The molecule has 4 fully saturated rings. The number of nitriles is 1. The van der Waals surface area contributed by atoms with E-state index in [0.717, 1.165) is 30.4 Å². The highest BCUT2D eigenvalue weighted by molar-refractivity contribution is 5.89. The van der Waals surface area contributed by atoms with Crippen LogP contribution in [-0.4, -0.2) is 81.5 Å². The van der Waals surface area contributed by atoms with Gasteiger partial charge in [-0.25, -0.2) is 9.64 Å². The van der Waals surface area contributed by atoms with Crippen molar-refractivity contribution in [1.82, 2.24) is 20.0 Å². The van der Waals surface area contributed by atoms with E-state index >= 15 is 0 Å². The van der Waals surface area contributed by atoms with Gasteiger partial charge in [0, 0.05) is 25.2 Å². The summed E-state index contributed by atoms with van der Waals surface area (Å²) in [5.41, 5.74) is 2.17. The molecule has 3 saturated heterocycles. The van der Waals surface area contributed by atoms with Crippen LogP contribution in [0, 0.1) is 23.8 Å². The molecule has 10 heteroatoms. The van der Waals surface area contributed by atoms with Gasteiger partial charge in [0.25, 0.3) is 0 Å². The van der Waals surface area contributed by atoms with Crippen LogP contribution < -0.4 is 5.32 Å². The van der Waals surface area contributed by atoms with E-state index in [1.54, 1.807) is 25.7 Å². The maximum atomic E-state index is 13.8. The lowest BCUT2D eigenvalue weighted by molar-refractivity contribution is -0.141. The zero-order chi connectivity index (χ0) is 27.6. The summed E-state index contributed by atoms with van der Waals surface area (Å²) < 4.78 is 5.46. The van der Waals surface area contributed by atoms with Crippen LogP contribution in [0.5, 0.6) is 0 Å². The van der Waals surface area contributed by atoms with Gasteiger partial charge in [-0.2, -0.15) is 5.26 Å². The number of rotatable bonds is 5. The summed E-state index contributed by atoms with van der Waals surface area (Å²) in [5.74, 6) is 0.142. The number of piperidine rings is 1. The number of hydrogen-bond acceptors (Lipinski definition) is 6. The van der Waals surface area contributed by atoms with Gasteiger partial charge < -0.3 is 19.9 Å². The molecule has 7 atom stereocenters. The van der Waals surface area contributed by atoms with Crippen LogP contribution in [0.3, 0.4) is 0 Å². The minimum absolute atomic E-state index is 0.00883. The smallest absolute Gasteiger partial charge is 0.408 e. The quantitative estimate of drug-likeness (QED) is 0.587. The number of aryl methyl sites for hydroxylation is 1. The number of fused-ring (bicyclic) bond motifs is 4. The number of carbonyl (C=O) groups is 3. The van der Waals surface area contributed by atoms with Gasteiger partial charge in [-0.15, -0.1) is 0 Å². The van der Waals surface area contributed by atoms with Crippen LogP contribution in [0.15, 0.2) is 18.2 Å². The van der Waals surface area contributed by atoms with Crippen molar-refractivity contribution in [1.29, 1.82) is 5.26 Å². The normalized spacial score (nSPS) is 31.4. The molecule has 10 nitrogen and oxygen atoms in total. The number of benzene rings is 1. The first-order valence-electron chi connectivity index (χ1n) is 13.9. The number of likely N-dealkylation sites (tertiary alicyclic amines) is 3. The largest absolute Gasteiger partial charge is 0.444 e. The van der Waals surface area contributed by atoms with E-state index in [4.69, 9.17) is 11.3 Å². The zero-order valence-electron chi connectivity index (χ0n) is 22.6.